The molecule has 6 rings (SSSR count). The Bertz CT molecular complexity index is 1230. The van der Waals surface area contributed by atoms with Crippen LogP contribution >= 0.6 is 0 Å². The lowest BCUT2D eigenvalue weighted by molar-refractivity contribution is -0.384. The number of carbonyl (C=O) groups is 3. The number of nitro groups is 1. The van der Waals surface area contributed by atoms with Gasteiger partial charge in [-0.1, -0.05) is 18.2 Å². The highest BCUT2D eigenvalue weighted by molar-refractivity contribution is 6.26. The largest absolute Gasteiger partial charge is 0.310 e. The van der Waals surface area contributed by atoms with Crippen LogP contribution in [0, 0.1) is 22.0 Å². The van der Waals surface area contributed by atoms with Crippen molar-refractivity contribution in [3.63, 3.8) is 0 Å². The number of anilines is 2. The topological polar surface area (TPSA) is 104 Å². The average Bonchev–Trinajstić information content (AvgIpc) is 3.51. The molecule has 0 unspecified atom stereocenters. The van der Waals surface area contributed by atoms with Crippen LogP contribution in [0.2, 0.25) is 0 Å². The Hall–Kier alpha value is -3.59. The zero-order valence-electron chi connectivity index (χ0n) is 18.0. The van der Waals surface area contributed by atoms with E-state index in [4.69, 9.17) is 0 Å². The van der Waals surface area contributed by atoms with Gasteiger partial charge in [0.05, 0.1) is 22.4 Å². The van der Waals surface area contributed by atoms with Crippen LogP contribution in [0.5, 0.6) is 0 Å². The van der Waals surface area contributed by atoms with E-state index in [-0.39, 0.29) is 23.5 Å². The van der Waals surface area contributed by atoms with E-state index in [9.17, 15) is 24.5 Å². The highest BCUT2D eigenvalue weighted by atomic mass is 16.6. The fourth-order valence-electron chi connectivity index (χ4n) is 6.63. The Labute approximate surface area is 189 Å². The van der Waals surface area contributed by atoms with Crippen molar-refractivity contribution >= 4 is 34.8 Å². The molecule has 4 atom stereocenters. The Morgan fingerprint density at radius 2 is 1.79 bits per heavy atom. The van der Waals surface area contributed by atoms with Crippen LogP contribution in [-0.4, -0.2) is 46.7 Å². The highest BCUT2D eigenvalue weighted by Gasteiger charge is 2.75. The third-order valence-electron chi connectivity index (χ3n) is 7.78. The molecule has 0 bridgehead atoms. The molecule has 9 nitrogen and oxygen atoms in total. The predicted octanol–water partition coefficient (Wildman–Crippen LogP) is 2.44. The van der Waals surface area contributed by atoms with Gasteiger partial charge in [0.2, 0.25) is 11.8 Å². The number of amides is 3. The molecular formula is C24H22N4O5. The number of likely N-dealkylation sites (N-methyl/N-ethyl adjacent to an activating group) is 1. The van der Waals surface area contributed by atoms with E-state index in [0.29, 0.717) is 18.8 Å². The third kappa shape index (κ3) is 2.27. The molecular weight excluding hydrogens is 424 g/mol. The molecule has 3 amide bonds. The van der Waals surface area contributed by atoms with Gasteiger partial charge in [-0.25, -0.2) is 4.90 Å². The lowest BCUT2D eigenvalue weighted by atomic mass is 9.75. The Kier molecular flexibility index (Phi) is 4.08. The first-order valence-electron chi connectivity index (χ1n) is 11.2. The van der Waals surface area contributed by atoms with E-state index in [1.807, 2.05) is 31.2 Å². The summed E-state index contributed by atoms with van der Waals surface area (Å²) in [5.74, 6) is -2.32. The number of imide groups is 1. The van der Waals surface area contributed by atoms with E-state index in [1.54, 1.807) is 4.90 Å². The number of rotatable bonds is 3. The second kappa shape index (κ2) is 6.71. The minimum atomic E-state index is -1.19. The molecule has 3 fully saturated rings. The maximum atomic E-state index is 14.0. The zero-order valence-corrected chi connectivity index (χ0v) is 18.0. The molecule has 2 aromatic carbocycles. The molecule has 0 aromatic heterocycles. The lowest BCUT2D eigenvalue weighted by Crippen LogP contribution is -2.56. The van der Waals surface area contributed by atoms with Gasteiger partial charge in [0.25, 0.3) is 11.6 Å². The van der Waals surface area contributed by atoms with Crippen LogP contribution in [0.3, 0.4) is 0 Å². The number of hydrogen-bond acceptors (Lipinski definition) is 6. The normalized spacial score (nSPS) is 30.3. The fraction of sp³-hybridized carbons (Fsp3) is 0.375. The van der Waals surface area contributed by atoms with E-state index in [0.717, 1.165) is 29.0 Å². The molecule has 3 saturated heterocycles. The highest BCUT2D eigenvalue weighted by Crippen LogP contribution is 2.61. The molecule has 4 heterocycles. The molecule has 4 aliphatic heterocycles. The van der Waals surface area contributed by atoms with E-state index in [1.165, 1.54) is 24.3 Å². The summed E-state index contributed by atoms with van der Waals surface area (Å²) in [5, 5.41) is 11.0. The van der Waals surface area contributed by atoms with E-state index in [2.05, 4.69) is 4.90 Å². The van der Waals surface area contributed by atoms with E-state index >= 15 is 0 Å². The monoisotopic (exact) mass is 446 g/mol. The average molecular weight is 446 g/mol. The zero-order chi connectivity index (χ0) is 23.1. The molecule has 1 spiro atoms. The van der Waals surface area contributed by atoms with Crippen molar-refractivity contribution in [1.82, 2.24) is 4.90 Å². The molecule has 0 radical (unpaired) electrons. The summed E-state index contributed by atoms with van der Waals surface area (Å²) in [4.78, 5) is 57.2. The maximum Gasteiger partial charge on any atom is 0.269 e. The number of hydrogen-bond donors (Lipinski definition) is 0. The van der Waals surface area contributed by atoms with Crippen LogP contribution in [-0.2, 0) is 19.9 Å². The molecule has 9 heteroatoms. The summed E-state index contributed by atoms with van der Waals surface area (Å²) in [6.45, 7) is 3.04. The number of non-ortho nitro benzene ring substituents is 1. The minimum Gasteiger partial charge on any atom is -0.310 e. The van der Waals surface area contributed by atoms with Crippen molar-refractivity contribution in [2.24, 2.45) is 11.8 Å². The summed E-state index contributed by atoms with van der Waals surface area (Å²) in [5.41, 5.74) is 0.583. The third-order valence-corrected chi connectivity index (χ3v) is 7.78. The molecule has 168 valence electrons. The quantitative estimate of drug-likeness (QED) is 0.408. The molecule has 0 N–H and O–H groups in total. The summed E-state index contributed by atoms with van der Waals surface area (Å²) in [7, 11) is 0. The number of carbonyl (C=O) groups excluding carboxylic acids is 3. The van der Waals surface area contributed by atoms with Crippen molar-refractivity contribution in [3.8, 4) is 0 Å². The fourth-order valence-corrected chi connectivity index (χ4v) is 6.63. The van der Waals surface area contributed by atoms with Gasteiger partial charge in [0.15, 0.2) is 0 Å². The van der Waals surface area contributed by atoms with E-state index < -0.39 is 28.2 Å². The summed E-state index contributed by atoms with van der Waals surface area (Å²) < 4.78 is 0. The van der Waals surface area contributed by atoms with Crippen LogP contribution < -0.4 is 9.80 Å². The van der Waals surface area contributed by atoms with Gasteiger partial charge in [-0.05, 0) is 44.5 Å². The smallest absolute Gasteiger partial charge is 0.269 e. The van der Waals surface area contributed by atoms with Gasteiger partial charge >= 0.3 is 0 Å². The molecule has 2 aromatic rings. The first kappa shape index (κ1) is 20.0. The lowest BCUT2D eigenvalue weighted by Gasteiger charge is -2.37. The van der Waals surface area contributed by atoms with Gasteiger partial charge in [0, 0.05) is 36.0 Å². The minimum absolute atomic E-state index is 0.116. The molecule has 33 heavy (non-hydrogen) atoms. The Morgan fingerprint density at radius 1 is 1.06 bits per heavy atom. The standard InChI is InChI=1S/C24H22N4O5/c1-2-25-17-7-4-3-6-16(17)24(23(25)31)20-19(18-8-5-13-26(18)24)21(29)27(22(20)30)14-9-11-15(12-10-14)28(32)33/h3-4,6-7,9-12,18-20H,2,5,8,13H2,1H3/t18-,19+,20-,24+/m0/s1. The maximum absolute atomic E-state index is 14.0. The number of nitro benzene ring substituents is 1. The summed E-state index contributed by atoms with van der Waals surface area (Å²) in [6, 6.07) is 12.8. The molecule has 4 aliphatic rings. The van der Waals surface area contributed by atoms with Gasteiger partial charge in [-0.15, -0.1) is 0 Å². The first-order valence-corrected chi connectivity index (χ1v) is 11.2. The molecule has 0 aliphatic carbocycles. The van der Waals surface area contributed by atoms with Gasteiger partial charge in [-0.3, -0.25) is 29.4 Å². The second-order valence-corrected chi connectivity index (χ2v) is 9.02. The number of para-hydroxylation sites is 1. The summed E-state index contributed by atoms with van der Waals surface area (Å²) >= 11 is 0. The summed E-state index contributed by atoms with van der Waals surface area (Å²) in [6.07, 6.45) is 1.60. The van der Waals surface area contributed by atoms with Crippen molar-refractivity contribution in [2.75, 3.05) is 22.9 Å². The van der Waals surface area contributed by atoms with Crippen LogP contribution in [0.25, 0.3) is 0 Å². The van der Waals surface area contributed by atoms with Crippen molar-refractivity contribution < 1.29 is 19.3 Å². The van der Waals surface area contributed by atoms with Gasteiger partial charge < -0.3 is 4.90 Å². The van der Waals surface area contributed by atoms with Crippen molar-refractivity contribution in [3.05, 3.63) is 64.2 Å². The Morgan fingerprint density at radius 3 is 2.48 bits per heavy atom. The Balaban J connectivity index is 1.52. The predicted molar refractivity (Wildman–Crippen MR) is 118 cm³/mol. The van der Waals surface area contributed by atoms with Crippen LogP contribution in [0.4, 0.5) is 17.1 Å². The SMILES string of the molecule is CCN1C(=O)[C@@]2(c3ccccc31)[C@@H]1C(=O)N(c3ccc([N+](=O)[O-])cc3)C(=O)[C@@H]1[C@@H]1CCCN12. The second-order valence-electron chi connectivity index (χ2n) is 9.02. The van der Waals surface area contributed by atoms with Crippen molar-refractivity contribution in [2.45, 2.75) is 31.3 Å². The van der Waals surface area contributed by atoms with Gasteiger partial charge in [-0.2, -0.15) is 0 Å². The van der Waals surface area contributed by atoms with Crippen LogP contribution in [0.1, 0.15) is 25.3 Å². The first-order chi connectivity index (χ1) is 15.9. The number of fused-ring (bicyclic) bond motifs is 7. The molecule has 0 saturated carbocycles. The number of nitrogens with zero attached hydrogens (tertiary/aromatic N) is 4. The number of benzene rings is 2. The van der Waals surface area contributed by atoms with Gasteiger partial charge in [0.1, 0.15) is 5.54 Å². The van der Waals surface area contributed by atoms with Crippen molar-refractivity contribution in [1.29, 1.82) is 0 Å². The van der Waals surface area contributed by atoms with Crippen LogP contribution in [0.15, 0.2) is 48.5 Å².